The molecule has 102 valence electrons. The number of pyridine rings is 1. The van der Waals surface area contributed by atoms with E-state index in [2.05, 4.69) is 22.8 Å². The minimum atomic E-state index is 0.0843. The molecular formula is C16H16N2OS. The van der Waals surface area contributed by atoms with Crippen LogP contribution in [-0.4, -0.2) is 11.1 Å². The van der Waals surface area contributed by atoms with Crippen molar-refractivity contribution in [1.82, 2.24) is 9.88 Å². The fourth-order valence-corrected chi connectivity index (χ4v) is 2.90. The second-order valence-corrected chi connectivity index (χ2v) is 5.69. The number of rotatable bonds is 5. The van der Waals surface area contributed by atoms with Crippen LogP contribution in [0.1, 0.15) is 4.88 Å². The van der Waals surface area contributed by atoms with Crippen LogP contribution in [0.4, 0.5) is 0 Å². The lowest BCUT2D eigenvalue weighted by molar-refractivity contribution is 0.590. The Morgan fingerprint density at radius 1 is 1.10 bits per heavy atom. The molecule has 1 aromatic carbocycles. The second-order valence-electron chi connectivity index (χ2n) is 4.66. The lowest BCUT2D eigenvalue weighted by Gasteiger charge is -2.08. The van der Waals surface area contributed by atoms with Crippen molar-refractivity contribution in [2.45, 2.75) is 13.1 Å². The Bertz CT molecular complexity index is 747. The van der Waals surface area contributed by atoms with Gasteiger partial charge in [0.2, 0.25) is 0 Å². The Morgan fingerprint density at radius 2 is 2.00 bits per heavy atom. The maximum Gasteiger partial charge on any atom is 0.258 e. The maximum absolute atomic E-state index is 12.3. The third kappa shape index (κ3) is 2.81. The predicted octanol–water partition coefficient (Wildman–Crippen LogP) is 2.85. The standard InChI is InChI=1S/C16H16N2OS/c19-16-15-6-2-1-4-13(15)7-9-18(16)10-8-17-12-14-5-3-11-20-14/h1-7,9,11,17H,8,10,12H2. The van der Waals surface area contributed by atoms with Gasteiger partial charge in [0.15, 0.2) is 0 Å². The number of hydrogen-bond donors (Lipinski definition) is 1. The average Bonchev–Trinajstić information content (AvgIpc) is 2.99. The van der Waals surface area contributed by atoms with Crippen LogP contribution in [-0.2, 0) is 13.1 Å². The van der Waals surface area contributed by atoms with Crippen molar-refractivity contribution in [3.05, 3.63) is 69.3 Å². The van der Waals surface area contributed by atoms with Gasteiger partial charge in [0.1, 0.15) is 0 Å². The van der Waals surface area contributed by atoms with Crippen molar-refractivity contribution in [2.75, 3.05) is 6.54 Å². The number of aromatic nitrogens is 1. The zero-order chi connectivity index (χ0) is 13.8. The van der Waals surface area contributed by atoms with Gasteiger partial charge in [0, 0.05) is 36.1 Å². The molecule has 0 aliphatic rings. The quantitative estimate of drug-likeness (QED) is 0.731. The molecule has 0 bridgehead atoms. The van der Waals surface area contributed by atoms with Gasteiger partial charge in [-0.15, -0.1) is 11.3 Å². The van der Waals surface area contributed by atoms with Crippen LogP contribution in [0.15, 0.2) is 58.8 Å². The average molecular weight is 284 g/mol. The summed E-state index contributed by atoms with van der Waals surface area (Å²) in [7, 11) is 0. The lowest BCUT2D eigenvalue weighted by Crippen LogP contribution is -2.26. The fraction of sp³-hybridized carbons (Fsp3) is 0.188. The highest BCUT2D eigenvalue weighted by molar-refractivity contribution is 7.09. The summed E-state index contributed by atoms with van der Waals surface area (Å²) < 4.78 is 1.77. The summed E-state index contributed by atoms with van der Waals surface area (Å²) in [5, 5.41) is 7.22. The van der Waals surface area contributed by atoms with E-state index in [-0.39, 0.29) is 5.56 Å². The molecule has 3 nitrogen and oxygen atoms in total. The summed E-state index contributed by atoms with van der Waals surface area (Å²) in [5.74, 6) is 0. The van der Waals surface area contributed by atoms with Crippen LogP contribution in [0.5, 0.6) is 0 Å². The summed E-state index contributed by atoms with van der Waals surface area (Å²) in [5.41, 5.74) is 0.0843. The van der Waals surface area contributed by atoms with Crippen molar-refractivity contribution in [3.63, 3.8) is 0 Å². The fourth-order valence-electron chi connectivity index (χ4n) is 2.23. The van der Waals surface area contributed by atoms with Crippen LogP contribution < -0.4 is 10.9 Å². The number of nitrogens with zero attached hydrogens (tertiary/aromatic N) is 1. The normalized spacial score (nSPS) is 11.0. The van der Waals surface area contributed by atoms with E-state index in [1.807, 2.05) is 36.5 Å². The largest absolute Gasteiger partial charge is 0.314 e. The number of nitrogens with one attached hydrogen (secondary N) is 1. The molecule has 0 aliphatic heterocycles. The van der Waals surface area contributed by atoms with Crippen molar-refractivity contribution in [2.24, 2.45) is 0 Å². The molecule has 0 saturated carbocycles. The van der Waals surface area contributed by atoms with Crippen LogP contribution in [0.25, 0.3) is 10.8 Å². The Kier molecular flexibility index (Phi) is 3.95. The number of benzene rings is 1. The Hall–Kier alpha value is -1.91. The number of thiophene rings is 1. The lowest BCUT2D eigenvalue weighted by atomic mass is 10.2. The highest BCUT2D eigenvalue weighted by Gasteiger charge is 2.01. The van der Waals surface area contributed by atoms with Gasteiger partial charge in [0.25, 0.3) is 5.56 Å². The van der Waals surface area contributed by atoms with E-state index < -0.39 is 0 Å². The molecule has 20 heavy (non-hydrogen) atoms. The van der Waals surface area contributed by atoms with Gasteiger partial charge in [-0.05, 0) is 29.0 Å². The minimum Gasteiger partial charge on any atom is -0.314 e. The maximum atomic E-state index is 12.3. The summed E-state index contributed by atoms with van der Waals surface area (Å²) in [6.45, 7) is 2.34. The SMILES string of the molecule is O=c1c2ccccc2ccn1CCNCc1cccs1. The zero-order valence-electron chi connectivity index (χ0n) is 11.1. The molecule has 4 heteroatoms. The van der Waals surface area contributed by atoms with Gasteiger partial charge in [-0.3, -0.25) is 4.79 Å². The molecule has 0 radical (unpaired) electrons. The Labute approximate surface area is 121 Å². The van der Waals surface area contributed by atoms with E-state index in [0.29, 0.717) is 6.54 Å². The predicted molar refractivity (Wildman–Crippen MR) is 84.2 cm³/mol. The summed E-state index contributed by atoms with van der Waals surface area (Å²) in [6, 6.07) is 13.9. The number of hydrogen-bond acceptors (Lipinski definition) is 3. The van der Waals surface area contributed by atoms with Gasteiger partial charge in [-0.1, -0.05) is 24.3 Å². The van der Waals surface area contributed by atoms with E-state index in [1.54, 1.807) is 15.9 Å². The van der Waals surface area contributed by atoms with Gasteiger partial charge >= 0.3 is 0 Å². The first-order valence-electron chi connectivity index (χ1n) is 6.66. The van der Waals surface area contributed by atoms with E-state index in [0.717, 1.165) is 23.9 Å². The van der Waals surface area contributed by atoms with Crippen molar-refractivity contribution >= 4 is 22.1 Å². The smallest absolute Gasteiger partial charge is 0.258 e. The summed E-state index contributed by atoms with van der Waals surface area (Å²) >= 11 is 1.74. The van der Waals surface area contributed by atoms with E-state index in [9.17, 15) is 4.79 Å². The van der Waals surface area contributed by atoms with E-state index in [1.165, 1.54) is 4.88 Å². The molecular weight excluding hydrogens is 268 g/mol. The third-order valence-corrected chi connectivity index (χ3v) is 4.17. The van der Waals surface area contributed by atoms with Crippen molar-refractivity contribution in [1.29, 1.82) is 0 Å². The van der Waals surface area contributed by atoms with Gasteiger partial charge in [-0.25, -0.2) is 0 Å². The van der Waals surface area contributed by atoms with Gasteiger partial charge in [-0.2, -0.15) is 0 Å². The van der Waals surface area contributed by atoms with Crippen molar-refractivity contribution < 1.29 is 0 Å². The van der Waals surface area contributed by atoms with Crippen LogP contribution in [0.2, 0.25) is 0 Å². The van der Waals surface area contributed by atoms with E-state index >= 15 is 0 Å². The Morgan fingerprint density at radius 3 is 2.85 bits per heavy atom. The van der Waals surface area contributed by atoms with Crippen LogP contribution in [0.3, 0.4) is 0 Å². The molecule has 1 N–H and O–H groups in total. The Balaban J connectivity index is 1.66. The molecule has 0 aliphatic carbocycles. The molecule has 0 saturated heterocycles. The van der Waals surface area contributed by atoms with Crippen LogP contribution >= 0.6 is 11.3 Å². The molecule has 2 heterocycles. The van der Waals surface area contributed by atoms with Gasteiger partial charge in [0.05, 0.1) is 0 Å². The summed E-state index contributed by atoms with van der Waals surface area (Å²) in [4.78, 5) is 13.6. The second kappa shape index (κ2) is 6.03. The molecule has 0 amide bonds. The first kappa shape index (κ1) is 13.1. The molecule has 3 aromatic rings. The molecule has 2 aromatic heterocycles. The minimum absolute atomic E-state index is 0.0843. The third-order valence-electron chi connectivity index (χ3n) is 3.29. The number of fused-ring (bicyclic) bond motifs is 1. The van der Waals surface area contributed by atoms with Crippen LogP contribution in [0, 0.1) is 0 Å². The molecule has 0 spiro atoms. The molecule has 0 fully saturated rings. The molecule has 3 rings (SSSR count). The first-order valence-corrected chi connectivity index (χ1v) is 7.54. The van der Waals surface area contributed by atoms with Gasteiger partial charge < -0.3 is 9.88 Å². The zero-order valence-corrected chi connectivity index (χ0v) is 11.9. The van der Waals surface area contributed by atoms with E-state index in [4.69, 9.17) is 0 Å². The first-order chi connectivity index (χ1) is 9.84. The molecule has 0 atom stereocenters. The topological polar surface area (TPSA) is 34.0 Å². The highest BCUT2D eigenvalue weighted by atomic mass is 32.1. The highest BCUT2D eigenvalue weighted by Crippen LogP contribution is 2.08. The molecule has 0 unspecified atom stereocenters. The van der Waals surface area contributed by atoms with Crippen molar-refractivity contribution in [3.8, 4) is 0 Å². The summed E-state index contributed by atoms with van der Waals surface area (Å²) in [6.07, 6.45) is 1.87. The monoisotopic (exact) mass is 284 g/mol.